The summed E-state index contributed by atoms with van der Waals surface area (Å²) in [4.78, 5) is 23.4. The van der Waals surface area contributed by atoms with Crippen molar-refractivity contribution in [3.05, 3.63) is 59.7 Å². The summed E-state index contributed by atoms with van der Waals surface area (Å²) in [7, 11) is 2.68. The van der Waals surface area contributed by atoms with E-state index in [4.69, 9.17) is 9.47 Å². The molecule has 1 N–H and O–H groups in total. The molecule has 0 saturated carbocycles. The number of carbonyl (C=O) groups excluding carboxylic acids is 2. The van der Waals surface area contributed by atoms with Crippen LogP contribution in [0.3, 0.4) is 0 Å². The van der Waals surface area contributed by atoms with E-state index >= 15 is 0 Å². The lowest BCUT2D eigenvalue weighted by molar-refractivity contribution is -0.129. The van der Waals surface area contributed by atoms with Crippen LogP contribution in [-0.2, 0) is 9.53 Å². The molecule has 2 rings (SSSR count). The van der Waals surface area contributed by atoms with Crippen LogP contribution in [0.4, 0.5) is 0 Å². The molecule has 0 fully saturated rings. The van der Waals surface area contributed by atoms with Crippen molar-refractivity contribution in [2.45, 2.75) is 0 Å². The van der Waals surface area contributed by atoms with E-state index in [2.05, 4.69) is 4.74 Å². The van der Waals surface area contributed by atoms with Crippen molar-refractivity contribution < 1.29 is 28.9 Å². The van der Waals surface area contributed by atoms with Gasteiger partial charge in [0, 0.05) is 6.08 Å². The number of hydrogen-bond acceptors (Lipinski definition) is 6. The van der Waals surface area contributed by atoms with Crippen molar-refractivity contribution in [2.24, 2.45) is 0 Å². The summed E-state index contributed by atoms with van der Waals surface area (Å²) in [6.07, 6.45) is 2.80. The first-order valence-corrected chi connectivity index (χ1v) is 6.98. The number of phenols is 1. The van der Waals surface area contributed by atoms with Crippen molar-refractivity contribution in [1.29, 1.82) is 0 Å². The van der Waals surface area contributed by atoms with Crippen molar-refractivity contribution >= 4 is 18.0 Å². The zero-order chi connectivity index (χ0) is 17.5. The molecule has 124 valence electrons. The van der Waals surface area contributed by atoms with Gasteiger partial charge in [0.15, 0.2) is 11.5 Å². The van der Waals surface area contributed by atoms with E-state index in [-0.39, 0.29) is 22.8 Å². The molecular weight excluding hydrogens is 312 g/mol. The smallest absolute Gasteiger partial charge is 0.337 e. The van der Waals surface area contributed by atoms with Crippen LogP contribution in [0.25, 0.3) is 6.08 Å². The number of carbonyl (C=O) groups is 2. The lowest BCUT2D eigenvalue weighted by Crippen LogP contribution is -2.07. The molecule has 0 aromatic heterocycles. The lowest BCUT2D eigenvalue weighted by Gasteiger charge is -2.09. The van der Waals surface area contributed by atoms with Crippen molar-refractivity contribution in [3.8, 4) is 17.2 Å². The number of methoxy groups -OCH3 is 2. The molecule has 24 heavy (non-hydrogen) atoms. The number of phenolic OH excluding ortho intramolecular Hbond substituents is 1. The summed E-state index contributed by atoms with van der Waals surface area (Å²) in [5, 5.41) is 9.20. The second-order valence-electron chi connectivity index (χ2n) is 4.70. The molecule has 2 aromatic carbocycles. The minimum Gasteiger partial charge on any atom is -0.508 e. The van der Waals surface area contributed by atoms with E-state index in [0.717, 1.165) is 5.56 Å². The van der Waals surface area contributed by atoms with E-state index in [1.807, 2.05) is 0 Å². The molecule has 0 bridgehead atoms. The van der Waals surface area contributed by atoms with Crippen molar-refractivity contribution in [2.75, 3.05) is 14.2 Å². The van der Waals surface area contributed by atoms with Crippen LogP contribution in [0.1, 0.15) is 15.9 Å². The lowest BCUT2D eigenvalue weighted by atomic mass is 10.2. The van der Waals surface area contributed by atoms with Crippen LogP contribution in [0, 0.1) is 0 Å². The highest BCUT2D eigenvalue weighted by molar-refractivity contribution is 5.91. The van der Waals surface area contributed by atoms with Gasteiger partial charge in [-0.1, -0.05) is 12.1 Å². The van der Waals surface area contributed by atoms with Crippen LogP contribution >= 0.6 is 0 Å². The van der Waals surface area contributed by atoms with Crippen LogP contribution in [0.15, 0.2) is 48.5 Å². The Labute approximate surface area is 138 Å². The van der Waals surface area contributed by atoms with Crippen molar-refractivity contribution in [1.82, 2.24) is 0 Å². The number of aromatic hydroxyl groups is 1. The summed E-state index contributed by atoms with van der Waals surface area (Å²) in [5.41, 5.74) is 1.02. The van der Waals surface area contributed by atoms with E-state index < -0.39 is 11.9 Å². The first kappa shape index (κ1) is 17.1. The maximum Gasteiger partial charge on any atom is 0.337 e. The summed E-state index contributed by atoms with van der Waals surface area (Å²) in [6.45, 7) is 0. The molecule has 0 amide bonds. The Morgan fingerprint density at radius 2 is 1.71 bits per heavy atom. The fourth-order valence-electron chi connectivity index (χ4n) is 1.89. The molecule has 6 heteroatoms. The highest BCUT2D eigenvalue weighted by Gasteiger charge is 2.13. The molecule has 0 aliphatic heterocycles. The summed E-state index contributed by atoms with van der Waals surface area (Å²) < 4.78 is 14.9. The Morgan fingerprint density at radius 3 is 2.33 bits per heavy atom. The van der Waals surface area contributed by atoms with E-state index in [1.54, 1.807) is 18.2 Å². The van der Waals surface area contributed by atoms with Gasteiger partial charge in [-0.05, 0) is 42.0 Å². The second-order valence-corrected chi connectivity index (χ2v) is 4.70. The predicted molar refractivity (Wildman–Crippen MR) is 87.1 cm³/mol. The third kappa shape index (κ3) is 4.36. The van der Waals surface area contributed by atoms with Gasteiger partial charge in [0.05, 0.1) is 19.8 Å². The number of ether oxygens (including phenoxy) is 3. The van der Waals surface area contributed by atoms with Gasteiger partial charge in [-0.2, -0.15) is 0 Å². The number of rotatable bonds is 5. The van der Waals surface area contributed by atoms with Gasteiger partial charge >= 0.3 is 11.9 Å². The summed E-state index contributed by atoms with van der Waals surface area (Å²) >= 11 is 0. The molecule has 0 aliphatic carbocycles. The third-order valence-electron chi connectivity index (χ3n) is 3.10. The Bertz CT molecular complexity index is 762. The molecule has 0 unspecified atom stereocenters. The molecule has 0 radical (unpaired) electrons. The van der Waals surface area contributed by atoms with Crippen LogP contribution in [0.2, 0.25) is 0 Å². The fraction of sp³-hybridized carbons (Fsp3) is 0.111. The molecule has 0 atom stereocenters. The molecule has 6 nitrogen and oxygen atoms in total. The summed E-state index contributed by atoms with van der Waals surface area (Å²) in [6, 6.07) is 10.7. The number of benzene rings is 2. The average Bonchev–Trinajstić information content (AvgIpc) is 2.60. The minimum atomic E-state index is -0.604. The molecule has 0 spiro atoms. The molecule has 0 saturated heterocycles. The second kappa shape index (κ2) is 7.82. The zero-order valence-corrected chi connectivity index (χ0v) is 13.2. The monoisotopic (exact) mass is 328 g/mol. The van der Waals surface area contributed by atoms with Gasteiger partial charge in [-0.3, -0.25) is 0 Å². The molecule has 0 aliphatic rings. The topological polar surface area (TPSA) is 82.1 Å². The maximum absolute atomic E-state index is 11.9. The standard InChI is InChI=1S/C18H16O6/c1-22-16-11-13(18(21)23-2)6-9-15(16)24-17(20)10-5-12-3-7-14(19)8-4-12/h3-11,19H,1-2H3/b10-5+. The van der Waals surface area contributed by atoms with Gasteiger partial charge in [0.25, 0.3) is 0 Å². The zero-order valence-electron chi connectivity index (χ0n) is 13.2. The van der Waals surface area contributed by atoms with Crippen LogP contribution in [0.5, 0.6) is 17.2 Å². The Kier molecular flexibility index (Phi) is 5.57. The van der Waals surface area contributed by atoms with E-state index in [9.17, 15) is 14.7 Å². The van der Waals surface area contributed by atoms with Gasteiger partial charge in [0.1, 0.15) is 5.75 Å². The number of hydrogen-bond donors (Lipinski definition) is 1. The maximum atomic E-state index is 11.9. The molecule has 0 heterocycles. The molecule has 2 aromatic rings. The van der Waals surface area contributed by atoms with Crippen LogP contribution < -0.4 is 9.47 Å². The van der Waals surface area contributed by atoms with Gasteiger partial charge in [-0.15, -0.1) is 0 Å². The predicted octanol–water partition coefficient (Wildman–Crippen LogP) is 2.81. The average molecular weight is 328 g/mol. The Morgan fingerprint density at radius 1 is 1.00 bits per heavy atom. The van der Waals surface area contributed by atoms with E-state index in [0.29, 0.717) is 0 Å². The van der Waals surface area contributed by atoms with Gasteiger partial charge in [-0.25, -0.2) is 9.59 Å². The molecular formula is C18H16O6. The van der Waals surface area contributed by atoms with Gasteiger partial charge in [0.2, 0.25) is 0 Å². The quantitative estimate of drug-likeness (QED) is 0.516. The first-order chi connectivity index (χ1) is 11.5. The fourth-order valence-corrected chi connectivity index (χ4v) is 1.89. The normalized spacial score (nSPS) is 10.4. The third-order valence-corrected chi connectivity index (χ3v) is 3.10. The highest BCUT2D eigenvalue weighted by atomic mass is 16.6. The van der Waals surface area contributed by atoms with E-state index in [1.165, 1.54) is 50.6 Å². The van der Waals surface area contributed by atoms with Gasteiger partial charge < -0.3 is 19.3 Å². The SMILES string of the molecule is COC(=O)c1ccc(OC(=O)/C=C/c2ccc(O)cc2)c(OC)c1. The Hall–Kier alpha value is -3.28. The minimum absolute atomic E-state index is 0.144. The first-order valence-electron chi connectivity index (χ1n) is 6.98. The Balaban J connectivity index is 2.10. The largest absolute Gasteiger partial charge is 0.508 e. The van der Waals surface area contributed by atoms with Crippen molar-refractivity contribution in [3.63, 3.8) is 0 Å². The number of esters is 2. The van der Waals surface area contributed by atoms with Crippen LogP contribution in [-0.4, -0.2) is 31.3 Å². The summed E-state index contributed by atoms with van der Waals surface area (Å²) in [5.74, 6) is -0.550. The highest BCUT2D eigenvalue weighted by Crippen LogP contribution is 2.28.